The predicted octanol–water partition coefficient (Wildman–Crippen LogP) is 2.60. The standard InChI is InChI=1S/C16H19ClN4O2S/c17-13-6-2-3-7-14(13)24(22,23)19-12-15-18-9-8-16(20-15)21-10-4-1-5-11-21/h2-3,6-9,19H,1,4-5,10-12H2. The summed E-state index contributed by atoms with van der Waals surface area (Å²) in [4.78, 5) is 10.9. The van der Waals surface area contributed by atoms with Crippen molar-refractivity contribution in [3.63, 3.8) is 0 Å². The van der Waals surface area contributed by atoms with Crippen molar-refractivity contribution in [1.82, 2.24) is 14.7 Å². The maximum Gasteiger partial charge on any atom is 0.242 e. The first-order valence-corrected chi connectivity index (χ1v) is 9.73. The number of nitrogens with zero attached hydrogens (tertiary/aromatic N) is 3. The Hall–Kier alpha value is -1.70. The van der Waals surface area contributed by atoms with E-state index in [2.05, 4.69) is 19.6 Å². The van der Waals surface area contributed by atoms with E-state index in [4.69, 9.17) is 11.6 Å². The lowest BCUT2D eigenvalue weighted by Crippen LogP contribution is -2.31. The molecule has 0 bridgehead atoms. The minimum absolute atomic E-state index is 0.0231. The first-order valence-electron chi connectivity index (χ1n) is 7.87. The van der Waals surface area contributed by atoms with Crippen LogP contribution in [0.5, 0.6) is 0 Å². The molecule has 0 saturated carbocycles. The Labute approximate surface area is 146 Å². The fourth-order valence-electron chi connectivity index (χ4n) is 2.67. The van der Waals surface area contributed by atoms with Crippen LogP contribution in [0.3, 0.4) is 0 Å². The highest BCUT2D eigenvalue weighted by Gasteiger charge is 2.18. The van der Waals surface area contributed by atoms with Crippen LogP contribution in [0.2, 0.25) is 5.02 Å². The van der Waals surface area contributed by atoms with E-state index in [1.54, 1.807) is 24.4 Å². The lowest BCUT2D eigenvalue weighted by atomic mass is 10.1. The number of hydrogen-bond donors (Lipinski definition) is 1. The summed E-state index contributed by atoms with van der Waals surface area (Å²) < 4.78 is 27.2. The van der Waals surface area contributed by atoms with Gasteiger partial charge in [0.1, 0.15) is 16.5 Å². The molecule has 1 fully saturated rings. The van der Waals surface area contributed by atoms with Gasteiger partial charge in [0.05, 0.1) is 11.6 Å². The number of anilines is 1. The highest BCUT2D eigenvalue weighted by molar-refractivity contribution is 7.89. The topological polar surface area (TPSA) is 75.2 Å². The maximum absolute atomic E-state index is 12.4. The van der Waals surface area contributed by atoms with Crippen LogP contribution in [0, 0.1) is 0 Å². The zero-order valence-electron chi connectivity index (χ0n) is 13.2. The molecule has 1 N–H and O–H groups in total. The molecule has 1 aliphatic rings. The number of hydrogen-bond acceptors (Lipinski definition) is 5. The van der Waals surface area contributed by atoms with Crippen LogP contribution in [-0.4, -0.2) is 31.5 Å². The van der Waals surface area contributed by atoms with Crippen LogP contribution in [0.1, 0.15) is 25.1 Å². The number of aromatic nitrogens is 2. The van der Waals surface area contributed by atoms with E-state index < -0.39 is 10.0 Å². The molecular formula is C16H19ClN4O2S. The van der Waals surface area contributed by atoms with Crippen molar-refractivity contribution in [1.29, 1.82) is 0 Å². The third-order valence-corrected chi connectivity index (χ3v) is 5.82. The zero-order chi connectivity index (χ0) is 17.0. The molecule has 2 aromatic rings. The number of nitrogens with one attached hydrogen (secondary N) is 1. The van der Waals surface area contributed by atoms with Gasteiger partial charge in [-0.05, 0) is 37.5 Å². The Morgan fingerprint density at radius 2 is 1.88 bits per heavy atom. The lowest BCUT2D eigenvalue weighted by Gasteiger charge is -2.27. The molecule has 1 aliphatic heterocycles. The molecule has 3 rings (SSSR count). The summed E-state index contributed by atoms with van der Waals surface area (Å²) in [6, 6.07) is 8.19. The first kappa shape index (κ1) is 17.1. The number of piperidine rings is 1. The van der Waals surface area contributed by atoms with Gasteiger partial charge in [-0.1, -0.05) is 23.7 Å². The summed E-state index contributed by atoms with van der Waals surface area (Å²) in [5, 5.41) is 0.188. The molecule has 1 saturated heterocycles. The SMILES string of the molecule is O=S(=O)(NCc1nccc(N2CCCCC2)n1)c1ccccc1Cl. The van der Waals surface area contributed by atoms with Gasteiger partial charge in [0.25, 0.3) is 0 Å². The largest absolute Gasteiger partial charge is 0.357 e. The summed E-state index contributed by atoms with van der Waals surface area (Å²) in [5.74, 6) is 1.28. The minimum atomic E-state index is -3.70. The second-order valence-electron chi connectivity index (χ2n) is 5.63. The molecule has 0 unspecified atom stereocenters. The third-order valence-electron chi connectivity index (χ3n) is 3.92. The Morgan fingerprint density at radius 3 is 2.62 bits per heavy atom. The average Bonchev–Trinajstić information content (AvgIpc) is 2.61. The Morgan fingerprint density at radius 1 is 1.12 bits per heavy atom. The molecule has 24 heavy (non-hydrogen) atoms. The summed E-state index contributed by atoms with van der Waals surface area (Å²) in [6.45, 7) is 1.97. The molecule has 0 amide bonds. The second kappa shape index (κ2) is 7.46. The minimum Gasteiger partial charge on any atom is -0.357 e. The molecule has 1 aromatic heterocycles. The fraction of sp³-hybridized carbons (Fsp3) is 0.375. The fourth-order valence-corrected chi connectivity index (χ4v) is 4.17. The van der Waals surface area contributed by atoms with Gasteiger partial charge in [-0.3, -0.25) is 0 Å². The molecule has 2 heterocycles. The molecular weight excluding hydrogens is 348 g/mol. The maximum atomic E-state index is 12.4. The van der Waals surface area contributed by atoms with Crippen molar-refractivity contribution >= 4 is 27.4 Å². The number of halogens is 1. The highest BCUT2D eigenvalue weighted by Crippen LogP contribution is 2.20. The third kappa shape index (κ3) is 4.03. The molecule has 1 aromatic carbocycles. The van der Waals surface area contributed by atoms with E-state index in [1.807, 2.05) is 6.07 Å². The second-order valence-corrected chi connectivity index (χ2v) is 7.78. The van der Waals surface area contributed by atoms with E-state index in [0.29, 0.717) is 5.82 Å². The lowest BCUT2D eigenvalue weighted by molar-refractivity contribution is 0.569. The molecule has 0 radical (unpaired) electrons. The first-order chi connectivity index (χ1) is 11.6. The highest BCUT2D eigenvalue weighted by atomic mass is 35.5. The zero-order valence-corrected chi connectivity index (χ0v) is 14.7. The van der Waals surface area contributed by atoms with Crippen LogP contribution in [0.25, 0.3) is 0 Å². The normalized spacial score (nSPS) is 15.5. The summed E-state index contributed by atoms with van der Waals surface area (Å²) in [5.41, 5.74) is 0. The quantitative estimate of drug-likeness (QED) is 0.880. The van der Waals surface area contributed by atoms with Crippen molar-refractivity contribution in [2.75, 3.05) is 18.0 Å². The van der Waals surface area contributed by atoms with Gasteiger partial charge in [-0.15, -0.1) is 0 Å². The van der Waals surface area contributed by atoms with Crippen LogP contribution < -0.4 is 9.62 Å². The Balaban J connectivity index is 1.71. The summed E-state index contributed by atoms with van der Waals surface area (Å²) in [7, 11) is -3.70. The van der Waals surface area contributed by atoms with Crippen LogP contribution in [0.4, 0.5) is 5.82 Å². The van der Waals surface area contributed by atoms with Gasteiger partial charge >= 0.3 is 0 Å². The van der Waals surface area contributed by atoms with E-state index in [-0.39, 0.29) is 16.5 Å². The van der Waals surface area contributed by atoms with Crippen molar-refractivity contribution in [3.05, 3.63) is 47.4 Å². The molecule has 0 aliphatic carbocycles. The van der Waals surface area contributed by atoms with Gasteiger partial charge in [0, 0.05) is 19.3 Å². The van der Waals surface area contributed by atoms with Gasteiger partial charge < -0.3 is 4.90 Å². The van der Waals surface area contributed by atoms with Gasteiger partial charge in [-0.25, -0.2) is 23.1 Å². The number of benzene rings is 1. The van der Waals surface area contributed by atoms with Crippen molar-refractivity contribution in [3.8, 4) is 0 Å². The number of rotatable bonds is 5. The van der Waals surface area contributed by atoms with Gasteiger partial charge in [0.15, 0.2) is 0 Å². The predicted molar refractivity (Wildman–Crippen MR) is 93.6 cm³/mol. The van der Waals surface area contributed by atoms with E-state index in [1.165, 1.54) is 12.5 Å². The Kier molecular flexibility index (Phi) is 5.33. The molecule has 128 valence electrons. The molecule has 6 nitrogen and oxygen atoms in total. The smallest absolute Gasteiger partial charge is 0.242 e. The number of sulfonamides is 1. The van der Waals surface area contributed by atoms with Crippen LogP contribution in [0.15, 0.2) is 41.4 Å². The molecule has 0 atom stereocenters. The molecule has 0 spiro atoms. The molecule has 8 heteroatoms. The summed E-state index contributed by atoms with van der Waals surface area (Å²) >= 11 is 5.96. The summed E-state index contributed by atoms with van der Waals surface area (Å²) in [6.07, 6.45) is 5.21. The van der Waals surface area contributed by atoms with Gasteiger partial charge in [-0.2, -0.15) is 0 Å². The van der Waals surface area contributed by atoms with Crippen molar-refractivity contribution < 1.29 is 8.42 Å². The van der Waals surface area contributed by atoms with Crippen LogP contribution >= 0.6 is 11.6 Å². The monoisotopic (exact) mass is 366 g/mol. The average molecular weight is 367 g/mol. The van der Waals surface area contributed by atoms with Crippen molar-refractivity contribution in [2.45, 2.75) is 30.7 Å². The van der Waals surface area contributed by atoms with Crippen LogP contribution in [-0.2, 0) is 16.6 Å². The van der Waals surface area contributed by atoms with E-state index in [9.17, 15) is 8.42 Å². The van der Waals surface area contributed by atoms with Crippen molar-refractivity contribution in [2.24, 2.45) is 0 Å². The van der Waals surface area contributed by atoms with E-state index >= 15 is 0 Å². The van der Waals surface area contributed by atoms with Gasteiger partial charge in [0.2, 0.25) is 10.0 Å². The Bertz CT molecular complexity index is 807. The van der Waals surface area contributed by atoms with E-state index in [0.717, 1.165) is 31.7 Å².